The maximum absolute atomic E-state index is 13.8. The van der Waals surface area contributed by atoms with Crippen molar-refractivity contribution in [1.29, 1.82) is 0 Å². The lowest BCUT2D eigenvalue weighted by Gasteiger charge is -2.42. The van der Waals surface area contributed by atoms with E-state index in [4.69, 9.17) is 9.47 Å². The van der Waals surface area contributed by atoms with Gasteiger partial charge in [-0.05, 0) is 30.9 Å². The van der Waals surface area contributed by atoms with Gasteiger partial charge in [-0.15, -0.1) is 0 Å². The van der Waals surface area contributed by atoms with E-state index in [9.17, 15) is 14.0 Å². The molecule has 2 fully saturated rings. The van der Waals surface area contributed by atoms with Crippen molar-refractivity contribution in [2.75, 3.05) is 40.0 Å². The fraction of sp³-hybridized carbons (Fsp3) is 0.600. The molecule has 3 rings (SSSR count). The highest BCUT2D eigenvalue weighted by atomic mass is 19.1. The molecule has 2 atom stereocenters. The smallest absolute Gasteiger partial charge is 0.230 e. The number of carbonyl (C=O) groups is 2. The first kappa shape index (κ1) is 19.8. The maximum Gasteiger partial charge on any atom is 0.230 e. The molecule has 0 aliphatic carbocycles. The number of hydrogen-bond acceptors (Lipinski definition) is 4. The van der Waals surface area contributed by atoms with E-state index in [1.165, 1.54) is 6.07 Å². The van der Waals surface area contributed by atoms with Crippen molar-refractivity contribution in [1.82, 2.24) is 10.2 Å². The zero-order chi connectivity index (χ0) is 19.3. The molecule has 2 aliphatic rings. The van der Waals surface area contributed by atoms with Gasteiger partial charge in [0.05, 0.1) is 18.1 Å². The van der Waals surface area contributed by atoms with Gasteiger partial charge in [0.25, 0.3) is 0 Å². The third kappa shape index (κ3) is 4.30. The van der Waals surface area contributed by atoms with Crippen molar-refractivity contribution in [2.45, 2.75) is 31.8 Å². The molecule has 2 aliphatic heterocycles. The number of benzene rings is 1. The van der Waals surface area contributed by atoms with E-state index < -0.39 is 5.41 Å². The van der Waals surface area contributed by atoms with Gasteiger partial charge in [-0.3, -0.25) is 9.59 Å². The monoisotopic (exact) mass is 378 g/mol. The fourth-order valence-electron chi connectivity index (χ4n) is 4.02. The van der Waals surface area contributed by atoms with Crippen LogP contribution in [0.5, 0.6) is 0 Å². The molecule has 6 nitrogen and oxygen atoms in total. The molecule has 1 aromatic rings. The molecule has 148 valence electrons. The number of aryl methyl sites for hydroxylation is 1. The zero-order valence-electron chi connectivity index (χ0n) is 15.7. The standard InChI is InChI=1S/C20H27FN2O4/c1-26-13-10-22-19(25)20-9-12-27-17(20)8-11-23(14-20)18(24)7-6-15-4-2-3-5-16(15)21/h2-5,17H,6-14H2,1H3,(H,22,25)/t17-,20-/m1/s1. The van der Waals surface area contributed by atoms with Crippen molar-refractivity contribution in [3.63, 3.8) is 0 Å². The number of methoxy groups -OCH3 is 1. The molecule has 0 unspecified atom stereocenters. The number of amides is 2. The van der Waals surface area contributed by atoms with E-state index in [-0.39, 0.29) is 30.2 Å². The van der Waals surface area contributed by atoms with Crippen molar-refractivity contribution in [2.24, 2.45) is 5.41 Å². The summed E-state index contributed by atoms with van der Waals surface area (Å²) in [6, 6.07) is 6.51. The second kappa shape index (κ2) is 8.80. The summed E-state index contributed by atoms with van der Waals surface area (Å²) < 4.78 is 24.5. The lowest BCUT2D eigenvalue weighted by molar-refractivity contribution is -0.146. The summed E-state index contributed by atoms with van der Waals surface area (Å²) in [7, 11) is 1.59. The van der Waals surface area contributed by atoms with Crippen LogP contribution in [0.15, 0.2) is 24.3 Å². The molecule has 0 bridgehead atoms. The van der Waals surface area contributed by atoms with Gasteiger partial charge in [0, 0.05) is 39.8 Å². The Kier molecular flexibility index (Phi) is 6.44. The van der Waals surface area contributed by atoms with Crippen LogP contribution >= 0.6 is 0 Å². The summed E-state index contributed by atoms with van der Waals surface area (Å²) in [5.41, 5.74) is -0.156. The number of fused-ring (bicyclic) bond motifs is 1. The van der Waals surface area contributed by atoms with Crippen LogP contribution in [-0.2, 0) is 25.5 Å². The van der Waals surface area contributed by atoms with Crippen LogP contribution in [0.3, 0.4) is 0 Å². The van der Waals surface area contributed by atoms with Crippen molar-refractivity contribution < 1.29 is 23.5 Å². The summed E-state index contributed by atoms with van der Waals surface area (Å²) in [5.74, 6) is -0.413. The first-order valence-electron chi connectivity index (χ1n) is 9.47. The Morgan fingerprint density at radius 3 is 3.00 bits per heavy atom. The van der Waals surface area contributed by atoms with Crippen molar-refractivity contribution >= 4 is 11.8 Å². The number of nitrogens with zero attached hydrogens (tertiary/aromatic N) is 1. The number of hydrogen-bond donors (Lipinski definition) is 1. The highest BCUT2D eigenvalue weighted by molar-refractivity contribution is 5.85. The third-order valence-corrected chi connectivity index (χ3v) is 5.58. The van der Waals surface area contributed by atoms with Gasteiger partial charge in [-0.1, -0.05) is 18.2 Å². The Bertz CT molecular complexity index is 684. The Morgan fingerprint density at radius 2 is 2.22 bits per heavy atom. The fourth-order valence-corrected chi connectivity index (χ4v) is 4.02. The summed E-state index contributed by atoms with van der Waals surface area (Å²) in [5, 5.41) is 2.91. The van der Waals surface area contributed by atoms with Gasteiger partial charge in [-0.2, -0.15) is 0 Å². The highest BCUT2D eigenvalue weighted by Crippen LogP contribution is 2.41. The van der Waals surface area contributed by atoms with Crippen molar-refractivity contribution in [3.05, 3.63) is 35.6 Å². The van der Waals surface area contributed by atoms with Gasteiger partial charge in [0.1, 0.15) is 5.82 Å². The van der Waals surface area contributed by atoms with Crippen LogP contribution in [0.25, 0.3) is 0 Å². The van der Waals surface area contributed by atoms with Gasteiger partial charge < -0.3 is 19.7 Å². The summed E-state index contributed by atoms with van der Waals surface area (Å²) in [6.07, 6.45) is 1.68. The van der Waals surface area contributed by atoms with E-state index in [0.29, 0.717) is 57.7 Å². The van der Waals surface area contributed by atoms with Crippen LogP contribution < -0.4 is 5.32 Å². The number of carbonyl (C=O) groups excluding carboxylic acids is 2. The summed E-state index contributed by atoms with van der Waals surface area (Å²) in [4.78, 5) is 27.3. The van der Waals surface area contributed by atoms with E-state index in [0.717, 1.165) is 0 Å². The van der Waals surface area contributed by atoms with Crippen LogP contribution in [-0.4, -0.2) is 62.8 Å². The molecule has 1 N–H and O–H groups in total. The number of piperidine rings is 1. The van der Waals surface area contributed by atoms with E-state index in [2.05, 4.69) is 5.32 Å². The molecule has 0 saturated carbocycles. The highest BCUT2D eigenvalue weighted by Gasteiger charge is 2.53. The third-order valence-electron chi connectivity index (χ3n) is 5.58. The minimum Gasteiger partial charge on any atom is -0.383 e. The van der Waals surface area contributed by atoms with E-state index in [1.54, 1.807) is 30.2 Å². The summed E-state index contributed by atoms with van der Waals surface area (Å²) in [6.45, 7) is 2.32. The lowest BCUT2D eigenvalue weighted by Crippen LogP contribution is -2.58. The maximum atomic E-state index is 13.8. The Hall–Kier alpha value is -1.99. The Morgan fingerprint density at radius 1 is 1.41 bits per heavy atom. The second-order valence-corrected chi connectivity index (χ2v) is 7.21. The largest absolute Gasteiger partial charge is 0.383 e. The Labute approximate surface area is 159 Å². The van der Waals surface area contributed by atoms with Gasteiger partial charge in [0.15, 0.2) is 0 Å². The Balaban J connectivity index is 1.62. The van der Waals surface area contributed by atoms with Crippen LogP contribution in [0.2, 0.25) is 0 Å². The second-order valence-electron chi connectivity index (χ2n) is 7.21. The molecule has 0 aromatic heterocycles. The molecule has 0 radical (unpaired) electrons. The predicted octanol–water partition coefficient (Wildman–Crippen LogP) is 1.53. The summed E-state index contributed by atoms with van der Waals surface area (Å²) >= 11 is 0. The van der Waals surface area contributed by atoms with E-state index in [1.807, 2.05) is 0 Å². The molecule has 2 saturated heterocycles. The normalized spacial score (nSPS) is 24.5. The first-order valence-corrected chi connectivity index (χ1v) is 9.47. The van der Waals surface area contributed by atoms with E-state index >= 15 is 0 Å². The lowest BCUT2D eigenvalue weighted by atomic mass is 9.75. The number of likely N-dealkylation sites (tertiary alicyclic amines) is 1. The molecule has 7 heteroatoms. The molecule has 0 spiro atoms. The van der Waals surface area contributed by atoms with Crippen molar-refractivity contribution in [3.8, 4) is 0 Å². The predicted molar refractivity (Wildman–Crippen MR) is 97.6 cm³/mol. The molecular formula is C20H27FN2O4. The molecule has 2 heterocycles. The average molecular weight is 378 g/mol. The number of halogens is 1. The van der Waals surface area contributed by atoms with Crippen LogP contribution in [0, 0.1) is 11.2 Å². The SMILES string of the molecule is COCCNC(=O)[C@@]12CCO[C@@H]1CCN(C(=O)CCc1ccccc1F)C2. The zero-order valence-corrected chi connectivity index (χ0v) is 15.7. The number of ether oxygens (including phenoxy) is 2. The van der Waals surface area contributed by atoms with Crippen LogP contribution in [0.4, 0.5) is 4.39 Å². The average Bonchev–Trinajstić information content (AvgIpc) is 3.11. The number of rotatable bonds is 7. The molecule has 2 amide bonds. The molecular weight excluding hydrogens is 351 g/mol. The quantitative estimate of drug-likeness (QED) is 0.731. The van der Waals surface area contributed by atoms with Gasteiger partial charge in [-0.25, -0.2) is 4.39 Å². The number of nitrogens with one attached hydrogen (secondary N) is 1. The molecule has 27 heavy (non-hydrogen) atoms. The first-order chi connectivity index (χ1) is 13.1. The minimum atomic E-state index is -0.695. The van der Waals surface area contributed by atoms with Gasteiger partial charge >= 0.3 is 0 Å². The molecule has 1 aromatic carbocycles. The van der Waals surface area contributed by atoms with Crippen LogP contribution in [0.1, 0.15) is 24.8 Å². The topological polar surface area (TPSA) is 67.9 Å². The van der Waals surface area contributed by atoms with Gasteiger partial charge in [0.2, 0.25) is 11.8 Å². The minimum absolute atomic E-state index is 0.0485.